The lowest BCUT2D eigenvalue weighted by Gasteiger charge is -2.22. The van der Waals surface area contributed by atoms with E-state index in [2.05, 4.69) is 5.32 Å². The summed E-state index contributed by atoms with van der Waals surface area (Å²) < 4.78 is 36.6. The summed E-state index contributed by atoms with van der Waals surface area (Å²) in [7, 11) is -3.40. The molecular formula is C23H23N3O7S. The first-order valence-corrected chi connectivity index (χ1v) is 12.5. The zero-order valence-corrected chi connectivity index (χ0v) is 19.5. The Morgan fingerprint density at radius 2 is 1.88 bits per heavy atom. The molecule has 0 radical (unpaired) electrons. The SMILES string of the molecule is CCS(=O)(=O)N1CCc2cc(C(=O)CN3C(=O)N[C@@](C)(c4ccc5c(c4)OCO5)C3=O)ccc21. The molecule has 0 aromatic heterocycles. The summed E-state index contributed by atoms with van der Waals surface area (Å²) >= 11 is 0. The third kappa shape index (κ3) is 3.38. The molecule has 1 atom stereocenters. The lowest BCUT2D eigenvalue weighted by Crippen LogP contribution is -2.41. The quantitative estimate of drug-likeness (QED) is 0.489. The lowest BCUT2D eigenvalue weighted by atomic mass is 9.91. The second-order valence-electron chi connectivity index (χ2n) is 8.50. The van der Waals surface area contributed by atoms with Gasteiger partial charge in [-0.3, -0.25) is 18.8 Å². The van der Waals surface area contributed by atoms with Crippen molar-refractivity contribution in [1.82, 2.24) is 10.2 Å². The predicted octanol–water partition coefficient (Wildman–Crippen LogP) is 1.78. The van der Waals surface area contributed by atoms with Gasteiger partial charge in [-0.05, 0) is 61.7 Å². The van der Waals surface area contributed by atoms with Crippen molar-refractivity contribution in [2.75, 3.05) is 29.9 Å². The number of carbonyl (C=O) groups excluding carboxylic acids is 3. The van der Waals surface area contributed by atoms with Gasteiger partial charge in [0.1, 0.15) is 5.54 Å². The van der Waals surface area contributed by atoms with E-state index in [1.165, 1.54) is 10.4 Å². The van der Waals surface area contributed by atoms with E-state index in [-0.39, 0.29) is 12.5 Å². The molecule has 3 heterocycles. The molecule has 3 amide bonds. The van der Waals surface area contributed by atoms with Gasteiger partial charge in [0.2, 0.25) is 16.8 Å². The number of ether oxygens (including phenoxy) is 2. The molecule has 2 aromatic rings. The van der Waals surface area contributed by atoms with Crippen LogP contribution in [0.25, 0.3) is 0 Å². The second kappa shape index (κ2) is 7.73. The summed E-state index contributed by atoms with van der Waals surface area (Å²) in [6.45, 7) is 3.14. The molecule has 1 fully saturated rings. The maximum absolute atomic E-state index is 13.2. The van der Waals surface area contributed by atoms with Crippen molar-refractivity contribution >= 4 is 33.4 Å². The van der Waals surface area contributed by atoms with Crippen LogP contribution in [0.4, 0.5) is 10.5 Å². The first-order chi connectivity index (χ1) is 16.1. The second-order valence-corrected chi connectivity index (χ2v) is 10.7. The molecule has 11 heteroatoms. The van der Waals surface area contributed by atoms with Crippen molar-refractivity contribution in [1.29, 1.82) is 0 Å². The monoisotopic (exact) mass is 485 g/mol. The van der Waals surface area contributed by atoms with Gasteiger partial charge in [-0.25, -0.2) is 13.2 Å². The Balaban J connectivity index is 1.35. The number of rotatable bonds is 6. The highest BCUT2D eigenvalue weighted by atomic mass is 32.2. The van der Waals surface area contributed by atoms with E-state index >= 15 is 0 Å². The Kier molecular flexibility index (Phi) is 5.05. The Morgan fingerprint density at radius 3 is 2.65 bits per heavy atom. The molecular weight excluding hydrogens is 462 g/mol. The third-order valence-corrected chi connectivity index (χ3v) is 8.26. The number of nitrogens with one attached hydrogen (secondary N) is 1. The van der Waals surface area contributed by atoms with E-state index in [0.717, 1.165) is 10.5 Å². The van der Waals surface area contributed by atoms with Gasteiger partial charge in [0.25, 0.3) is 5.91 Å². The van der Waals surface area contributed by atoms with E-state index < -0.39 is 39.8 Å². The molecule has 10 nitrogen and oxygen atoms in total. The van der Waals surface area contributed by atoms with Crippen LogP contribution >= 0.6 is 0 Å². The first-order valence-electron chi connectivity index (χ1n) is 10.8. The number of urea groups is 1. The van der Waals surface area contributed by atoms with Gasteiger partial charge in [0, 0.05) is 12.1 Å². The van der Waals surface area contributed by atoms with Gasteiger partial charge >= 0.3 is 6.03 Å². The Labute approximate surface area is 196 Å². The minimum atomic E-state index is -3.40. The summed E-state index contributed by atoms with van der Waals surface area (Å²) in [5.41, 5.74) is 0.770. The molecule has 1 N–H and O–H groups in total. The number of sulfonamides is 1. The van der Waals surface area contributed by atoms with Crippen molar-refractivity contribution in [2.24, 2.45) is 0 Å². The number of imide groups is 1. The number of fused-ring (bicyclic) bond motifs is 2. The fraction of sp³-hybridized carbons (Fsp3) is 0.348. The fourth-order valence-corrected chi connectivity index (χ4v) is 5.63. The van der Waals surface area contributed by atoms with Crippen LogP contribution in [0.3, 0.4) is 0 Å². The van der Waals surface area contributed by atoms with E-state index in [4.69, 9.17) is 9.47 Å². The van der Waals surface area contributed by atoms with Crippen LogP contribution < -0.4 is 19.1 Å². The topological polar surface area (TPSA) is 122 Å². The maximum Gasteiger partial charge on any atom is 0.325 e. The highest BCUT2D eigenvalue weighted by Crippen LogP contribution is 2.38. The number of anilines is 1. The molecule has 5 rings (SSSR count). The molecule has 0 bridgehead atoms. The predicted molar refractivity (Wildman–Crippen MR) is 121 cm³/mol. The molecule has 0 saturated carbocycles. The van der Waals surface area contributed by atoms with Crippen LogP contribution in [0.2, 0.25) is 0 Å². The molecule has 34 heavy (non-hydrogen) atoms. The van der Waals surface area contributed by atoms with Gasteiger partial charge < -0.3 is 14.8 Å². The standard InChI is InChI=1S/C23H23N3O7S/c1-3-34(30,31)26-9-8-14-10-15(4-6-17(14)26)18(27)12-25-21(28)23(2,24-22(25)29)16-5-7-19-20(11-16)33-13-32-19/h4-7,10-11H,3,8-9,12-13H2,1-2H3,(H,24,29)/t23-/m0/s1. The lowest BCUT2D eigenvalue weighted by molar-refractivity contribution is -0.130. The highest BCUT2D eigenvalue weighted by molar-refractivity contribution is 7.92. The van der Waals surface area contributed by atoms with E-state index in [9.17, 15) is 22.8 Å². The largest absolute Gasteiger partial charge is 0.454 e. The molecule has 3 aliphatic rings. The minimum Gasteiger partial charge on any atom is -0.454 e. The molecule has 0 unspecified atom stereocenters. The number of hydrogen-bond donors (Lipinski definition) is 1. The average molecular weight is 486 g/mol. The number of nitrogens with zero attached hydrogens (tertiary/aromatic N) is 2. The average Bonchev–Trinajstić information content (AvgIpc) is 3.52. The number of ketones is 1. The Hall–Kier alpha value is -3.60. The maximum atomic E-state index is 13.2. The smallest absolute Gasteiger partial charge is 0.325 e. The number of amides is 3. The van der Waals surface area contributed by atoms with Gasteiger partial charge in [-0.2, -0.15) is 0 Å². The Bertz CT molecular complexity index is 1340. The molecule has 2 aromatic carbocycles. The minimum absolute atomic E-state index is 0.0125. The molecule has 0 spiro atoms. The molecule has 3 aliphatic heterocycles. The van der Waals surface area contributed by atoms with Crippen molar-refractivity contribution in [2.45, 2.75) is 25.8 Å². The number of Topliss-reactive ketones (excluding diaryl/α,β-unsaturated/α-hetero) is 1. The van der Waals surface area contributed by atoms with Gasteiger partial charge in [-0.15, -0.1) is 0 Å². The van der Waals surface area contributed by atoms with E-state index in [0.29, 0.717) is 41.3 Å². The van der Waals surface area contributed by atoms with Crippen molar-refractivity contribution < 1.29 is 32.3 Å². The van der Waals surface area contributed by atoms with Crippen LogP contribution in [0.1, 0.15) is 35.3 Å². The van der Waals surface area contributed by atoms with Gasteiger partial charge in [-0.1, -0.05) is 6.07 Å². The fourth-order valence-electron chi connectivity index (χ4n) is 4.47. The van der Waals surface area contributed by atoms with Crippen LogP contribution in [-0.2, 0) is 26.8 Å². The highest BCUT2D eigenvalue weighted by Gasteiger charge is 2.50. The number of benzene rings is 2. The van der Waals surface area contributed by atoms with Gasteiger partial charge in [0.05, 0.1) is 18.0 Å². The summed E-state index contributed by atoms with van der Waals surface area (Å²) in [4.78, 5) is 39.8. The third-order valence-electron chi connectivity index (χ3n) is 6.48. The van der Waals surface area contributed by atoms with Crippen LogP contribution in [0, 0.1) is 0 Å². The summed E-state index contributed by atoms with van der Waals surface area (Å²) in [6.07, 6.45) is 0.487. The van der Waals surface area contributed by atoms with Gasteiger partial charge in [0.15, 0.2) is 17.3 Å². The van der Waals surface area contributed by atoms with Crippen LogP contribution in [-0.4, -0.2) is 56.7 Å². The molecule has 1 saturated heterocycles. The van der Waals surface area contributed by atoms with Crippen molar-refractivity contribution in [3.8, 4) is 11.5 Å². The summed E-state index contributed by atoms with van der Waals surface area (Å²) in [5.74, 6) is 0.0521. The summed E-state index contributed by atoms with van der Waals surface area (Å²) in [5, 5.41) is 2.68. The van der Waals surface area contributed by atoms with Crippen LogP contribution in [0.5, 0.6) is 11.5 Å². The van der Waals surface area contributed by atoms with E-state index in [1.807, 2.05) is 0 Å². The van der Waals surface area contributed by atoms with Crippen LogP contribution in [0.15, 0.2) is 36.4 Å². The zero-order valence-electron chi connectivity index (χ0n) is 18.7. The zero-order chi connectivity index (χ0) is 24.3. The van der Waals surface area contributed by atoms with E-state index in [1.54, 1.807) is 44.2 Å². The summed E-state index contributed by atoms with van der Waals surface area (Å²) in [6, 6.07) is 9.09. The van der Waals surface area contributed by atoms with Crippen molar-refractivity contribution in [3.05, 3.63) is 53.1 Å². The normalized spacial score (nSPS) is 21.1. The molecule has 178 valence electrons. The first kappa shape index (κ1) is 22.2. The van der Waals surface area contributed by atoms with Crippen molar-refractivity contribution in [3.63, 3.8) is 0 Å². The number of carbonyl (C=O) groups is 3. The molecule has 0 aliphatic carbocycles. The number of hydrogen-bond acceptors (Lipinski definition) is 7. The Morgan fingerprint density at radius 1 is 1.12 bits per heavy atom.